The van der Waals surface area contributed by atoms with E-state index in [-0.39, 0.29) is 5.56 Å². The summed E-state index contributed by atoms with van der Waals surface area (Å²) in [5, 5.41) is 6.77. The molecule has 0 unspecified atom stereocenters. The standard InChI is InChI=1S/C24H31N7O2/c1-3-16-5-8-20(27-23(16)32)17-4-6-18(14-17)30-10-12-31(13-11-30)19-7-9-21(26-15-19)22-28-24(25-2)33-29-22/h5,7-9,15,17-18H,3-4,6,10-14H2,1-2H3,(H,27,32)(H,25,28,29)/t17-,18+/m1/s1. The van der Waals surface area contributed by atoms with Crippen molar-refractivity contribution < 1.29 is 4.52 Å². The summed E-state index contributed by atoms with van der Waals surface area (Å²) in [4.78, 5) is 29.1. The third-order valence-corrected chi connectivity index (χ3v) is 7.05. The lowest BCUT2D eigenvalue weighted by Crippen LogP contribution is -2.49. The molecular weight excluding hydrogens is 418 g/mol. The molecule has 1 saturated carbocycles. The Morgan fingerprint density at radius 2 is 2.00 bits per heavy atom. The van der Waals surface area contributed by atoms with Crippen LogP contribution >= 0.6 is 0 Å². The van der Waals surface area contributed by atoms with Gasteiger partial charge in [-0.25, -0.2) is 0 Å². The first-order valence-electron chi connectivity index (χ1n) is 11.8. The molecule has 0 radical (unpaired) electrons. The number of hydrogen-bond acceptors (Lipinski definition) is 8. The van der Waals surface area contributed by atoms with Crippen LogP contribution in [0.1, 0.15) is 43.4 Å². The summed E-state index contributed by atoms with van der Waals surface area (Å²) in [6, 6.07) is 9.11. The summed E-state index contributed by atoms with van der Waals surface area (Å²) in [5.41, 5.74) is 3.87. The molecule has 2 fully saturated rings. The minimum absolute atomic E-state index is 0.0773. The number of pyridine rings is 2. The fourth-order valence-corrected chi connectivity index (χ4v) is 5.09. The molecule has 0 amide bonds. The Morgan fingerprint density at radius 1 is 1.15 bits per heavy atom. The second kappa shape index (κ2) is 9.35. The number of aromatic nitrogens is 4. The SMILES string of the molecule is CCc1ccc([C@@H]2CC[C@H](N3CCN(c4ccc(-c5noc(NC)n5)nc4)CC3)C2)[nH]c1=O. The lowest BCUT2D eigenvalue weighted by Gasteiger charge is -2.39. The first-order chi connectivity index (χ1) is 16.1. The highest BCUT2D eigenvalue weighted by Crippen LogP contribution is 2.36. The molecule has 1 saturated heterocycles. The molecule has 3 aromatic rings. The Balaban J connectivity index is 1.16. The van der Waals surface area contributed by atoms with E-state index < -0.39 is 0 Å². The number of piperazine rings is 1. The molecule has 174 valence electrons. The Labute approximate surface area is 193 Å². The largest absolute Gasteiger partial charge is 0.368 e. The zero-order chi connectivity index (χ0) is 22.8. The molecule has 9 heteroatoms. The van der Waals surface area contributed by atoms with E-state index in [1.54, 1.807) is 7.05 Å². The summed E-state index contributed by atoms with van der Waals surface area (Å²) in [5.74, 6) is 0.939. The molecule has 0 spiro atoms. The third-order valence-electron chi connectivity index (χ3n) is 7.05. The normalized spacial score (nSPS) is 21.5. The van der Waals surface area contributed by atoms with E-state index in [0.29, 0.717) is 29.5 Å². The molecule has 4 heterocycles. The third kappa shape index (κ3) is 4.50. The van der Waals surface area contributed by atoms with Crippen LogP contribution in [-0.4, -0.2) is 64.3 Å². The first-order valence-corrected chi connectivity index (χ1v) is 11.8. The van der Waals surface area contributed by atoms with Gasteiger partial charge in [-0.05, 0) is 43.9 Å². The van der Waals surface area contributed by atoms with E-state index in [2.05, 4.69) is 47.4 Å². The number of hydrogen-bond donors (Lipinski definition) is 2. The van der Waals surface area contributed by atoms with Crippen molar-refractivity contribution in [1.82, 2.24) is 25.0 Å². The van der Waals surface area contributed by atoms with Crippen molar-refractivity contribution >= 4 is 11.7 Å². The lowest BCUT2D eigenvalue weighted by molar-refractivity contribution is 0.186. The Kier molecular flexibility index (Phi) is 6.13. The number of H-pyrrole nitrogens is 1. The molecule has 1 aliphatic carbocycles. The van der Waals surface area contributed by atoms with Crippen molar-refractivity contribution in [2.45, 2.75) is 44.6 Å². The van der Waals surface area contributed by atoms with Crippen molar-refractivity contribution in [3.63, 3.8) is 0 Å². The van der Waals surface area contributed by atoms with Gasteiger partial charge in [0, 0.05) is 56.4 Å². The van der Waals surface area contributed by atoms with Gasteiger partial charge in [-0.15, -0.1) is 0 Å². The Bertz CT molecular complexity index is 1130. The van der Waals surface area contributed by atoms with E-state index in [9.17, 15) is 4.79 Å². The number of nitrogens with zero attached hydrogens (tertiary/aromatic N) is 5. The molecule has 0 aromatic carbocycles. The molecule has 2 N–H and O–H groups in total. The van der Waals surface area contributed by atoms with Gasteiger partial charge < -0.3 is 19.7 Å². The highest BCUT2D eigenvalue weighted by molar-refractivity contribution is 5.55. The van der Waals surface area contributed by atoms with Crippen LogP contribution in [0.15, 0.2) is 39.8 Å². The molecule has 9 nitrogen and oxygen atoms in total. The van der Waals surface area contributed by atoms with Crippen molar-refractivity contribution in [3.8, 4) is 11.5 Å². The maximum atomic E-state index is 12.2. The average molecular weight is 450 g/mol. The zero-order valence-electron chi connectivity index (χ0n) is 19.3. The summed E-state index contributed by atoms with van der Waals surface area (Å²) < 4.78 is 5.08. The van der Waals surface area contributed by atoms with Gasteiger partial charge in [-0.2, -0.15) is 4.98 Å². The second-order valence-electron chi connectivity index (χ2n) is 8.88. The first kappa shape index (κ1) is 21.6. The van der Waals surface area contributed by atoms with Crippen molar-refractivity contribution in [3.05, 3.63) is 52.1 Å². The second-order valence-corrected chi connectivity index (χ2v) is 8.88. The number of anilines is 2. The van der Waals surface area contributed by atoms with Crippen molar-refractivity contribution in [2.24, 2.45) is 0 Å². The summed E-state index contributed by atoms with van der Waals surface area (Å²) >= 11 is 0. The van der Waals surface area contributed by atoms with Gasteiger partial charge in [-0.3, -0.25) is 14.7 Å². The number of rotatable bonds is 6. The van der Waals surface area contributed by atoms with Crippen LogP contribution < -0.4 is 15.8 Å². The maximum Gasteiger partial charge on any atom is 0.321 e. The average Bonchev–Trinajstić information content (AvgIpc) is 3.55. The van der Waals surface area contributed by atoms with Crippen molar-refractivity contribution in [1.29, 1.82) is 0 Å². The maximum absolute atomic E-state index is 12.2. The molecule has 3 aromatic heterocycles. The van der Waals surface area contributed by atoms with Crippen LogP contribution in [0.4, 0.5) is 11.7 Å². The summed E-state index contributed by atoms with van der Waals surface area (Å²) in [6.07, 6.45) is 6.12. The Morgan fingerprint density at radius 3 is 2.67 bits per heavy atom. The van der Waals surface area contributed by atoms with E-state index in [0.717, 1.165) is 62.4 Å². The van der Waals surface area contributed by atoms with Crippen molar-refractivity contribution in [2.75, 3.05) is 43.4 Å². The molecule has 1 aliphatic heterocycles. The van der Waals surface area contributed by atoms with E-state index >= 15 is 0 Å². The lowest BCUT2D eigenvalue weighted by atomic mass is 10.0. The molecule has 2 atom stereocenters. The number of aryl methyl sites for hydroxylation is 1. The molecule has 5 rings (SSSR count). The van der Waals surface area contributed by atoms with Gasteiger partial charge in [-0.1, -0.05) is 18.1 Å². The molecule has 0 bridgehead atoms. The van der Waals surface area contributed by atoms with Gasteiger partial charge in [0.05, 0.1) is 11.9 Å². The van der Waals surface area contributed by atoms with Crippen LogP contribution in [-0.2, 0) is 6.42 Å². The van der Waals surface area contributed by atoms with Crippen LogP contribution in [0.2, 0.25) is 0 Å². The predicted octanol–water partition coefficient (Wildman–Crippen LogP) is 2.88. The fraction of sp³-hybridized carbons (Fsp3) is 0.500. The van der Waals surface area contributed by atoms with E-state index in [4.69, 9.17) is 4.52 Å². The van der Waals surface area contributed by atoms with Crippen LogP contribution in [0.5, 0.6) is 0 Å². The van der Waals surface area contributed by atoms with Gasteiger partial charge in [0.25, 0.3) is 5.56 Å². The van der Waals surface area contributed by atoms with Gasteiger partial charge in [0.15, 0.2) is 0 Å². The smallest absolute Gasteiger partial charge is 0.321 e. The highest BCUT2D eigenvalue weighted by atomic mass is 16.5. The monoisotopic (exact) mass is 449 g/mol. The van der Waals surface area contributed by atoms with Gasteiger partial charge in [0.2, 0.25) is 5.82 Å². The van der Waals surface area contributed by atoms with Crippen LogP contribution in [0, 0.1) is 0 Å². The minimum Gasteiger partial charge on any atom is -0.368 e. The zero-order valence-corrected chi connectivity index (χ0v) is 19.3. The summed E-state index contributed by atoms with van der Waals surface area (Å²) in [6.45, 7) is 6.07. The minimum atomic E-state index is 0.0773. The topological polar surface area (TPSA) is 103 Å². The number of nitrogens with one attached hydrogen (secondary N) is 2. The number of aromatic amines is 1. The highest BCUT2D eigenvalue weighted by Gasteiger charge is 2.32. The quantitative estimate of drug-likeness (QED) is 0.592. The van der Waals surface area contributed by atoms with Crippen LogP contribution in [0.3, 0.4) is 0 Å². The van der Waals surface area contributed by atoms with E-state index in [1.807, 2.05) is 25.3 Å². The Hall–Kier alpha value is -3.20. The van der Waals surface area contributed by atoms with Gasteiger partial charge in [0.1, 0.15) is 5.69 Å². The van der Waals surface area contributed by atoms with Gasteiger partial charge >= 0.3 is 6.01 Å². The van der Waals surface area contributed by atoms with Crippen LogP contribution in [0.25, 0.3) is 11.5 Å². The molecule has 33 heavy (non-hydrogen) atoms. The summed E-state index contributed by atoms with van der Waals surface area (Å²) in [7, 11) is 1.74. The fourth-order valence-electron chi connectivity index (χ4n) is 5.09. The molecule has 2 aliphatic rings. The molecular formula is C24H31N7O2. The van der Waals surface area contributed by atoms with E-state index in [1.165, 1.54) is 6.42 Å². The predicted molar refractivity (Wildman–Crippen MR) is 128 cm³/mol.